The van der Waals surface area contributed by atoms with Gasteiger partial charge in [-0.3, -0.25) is 0 Å². The highest BCUT2D eigenvalue weighted by Crippen LogP contribution is 2.43. The van der Waals surface area contributed by atoms with Crippen LogP contribution in [0, 0.1) is 0 Å². The topological polar surface area (TPSA) is 76.0 Å². The molecule has 2 N–H and O–H groups in total. The number of ether oxygens (including phenoxy) is 2. The smallest absolute Gasteiger partial charge is 0.478 e. The molecule has 0 radical (unpaired) electrons. The maximum absolute atomic E-state index is 13.1. The minimum Gasteiger partial charge on any atom is -0.478 e. The van der Waals surface area contributed by atoms with Gasteiger partial charge in [0.05, 0.1) is 5.57 Å². The number of carboxylic acids is 1. The van der Waals surface area contributed by atoms with Crippen LogP contribution >= 0.6 is 0 Å². The van der Waals surface area contributed by atoms with Gasteiger partial charge in [0, 0.05) is 23.7 Å². The average Bonchev–Trinajstić information content (AvgIpc) is 2.49. The zero-order valence-corrected chi connectivity index (χ0v) is 13.0. The molecule has 11 heteroatoms. The number of aliphatic hydroxyl groups is 1. The Bertz CT molecular complexity index is 737. The number of carbonyl (C=O) groups is 1. The zero-order chi connectivity index (χ0) is 19.9. The minimum atomic E-state index is -5.07. The lowest BCUT2D eigenvalue weighted by molar-refractivity contribution is -0.274. The van der Waals surface area contributed by atoms with Gasteiger partial charge in [-0.1, -0.05) is 6.92 Å². The molecule has 5 nitrogen and oxygen atoms in total. The lowest BCUT2D eigenvalue weighted by Crippen LogP contribution is -2.40. The van der Waals surface area contributed by atoms with E-state index in [1.165, 1.54) is 6.92 Å². The first kappa shape index (κ1) is 19.9. The monoisotopic (exact) mass is 386 g/mol. The quantitative estimate of drug-likeness (QED) is 0.775. The third-order valence-electron chi connectivity index (χ3n) is 3.53. The van der Waals surface area contributed by atoms with Crippen LogP contribution in [-0.2, 0) is 4.79 Å². The molecule has 1 aromatic carbocycles. The number of halogens is 6. The second-order valence-electron chi connectivity index (χ2n) is 5.51. The molecule has 2 rings (SSSR count). The molecule has 1 aliphatic rings. The highest BCUT2D eigenvalue weighted by atomic mass is 19.4. The molecule has 0 aromatic heterocycles. The summed E-state index contributed by atoms with van der Waals surface area (Å²) in [4.78, 5) is 11.1. The molecule has 144 valence electrons. The number of alkyl halides is 6. The number of rotatable bonds is 4. The summed E-state index contributed by atoms with van der Waals surface area (Å²) in [6.07, 6.45) is -12.4. The van der Waals surface area contributed by atoms with Gasteiger partial charge >= 0.3 is 18.5 Å². The van der Waals surface area contributed by atoms with Crippen molar-refractivity contribution in [3.63, 3.8) is 0 Å². The number of benzene rings is 1. The van der Waals surface area contributed by atoms with Crippen molar-refractivity contribution in [2.75, 3.05) is 6.61 Å². The van der Waals surface area contributed by atoms with E-state index in [9.17, 15) is 36.2 Å². The summed E-state index contributed by atoms with van der Waals surface area (Å²) < 4.78 is 85.2. The Morgan fingerprint density at radius 3 is 2.35 bits per heavy atom. The number of aliphatic carboxylic acids is 1. The van der Waals surface area contributed by atoms with Gasteiger partial charge in [-0.2, -0.15) is 13.2 Å². The fourth-order valence-electron chi connectivity index (χ4n) is 2.39. The summed E-state index contributed by atoms with van der Waals surface area (Å²) in [5.74, 6) is -4.07. The molecule has 0 bridgehead atoms. The third-order valence-corrected chi connectivity index (χ3v) is 3.53. The number of hydrogen-bond donors (Lipinski definition) is 2. The molecule has 0 spiro atoms. The first-order valence-electron chi connectivity index (χ1n) is 7.06. The molecule has 1 heterocycles. The highest BCUT2D eigenvalue weighted by molar-refractivity contribution is 5.95. The molecule has 2 atom stereocenters. The average molecular weight is 386 g/mol. The first-order chi connectivity index (χ1) is 11.8. The highest BCUT2D eigenvalue weighted by Gasteiger charge is 2.49. The Labute approximate surface area is 142 Å². The van der Waals surface area contributed by atoms with Gasteiger partial charge in [-0.15, -0.1) is 13.2 Å². The van der Waals surface area contributed by atoms with Gasteiger partial charge in [0.15, 0.2) is 0 Å². The van der Waals surface area contributed by atoms with Crippen molar-refractivity contribution in [2.24, 2.45) is 0 Å². The van der Waals surface area contributed by atoms with Crippen LogP contribution in [-0.4, -0.2) is 41.4 Å². The molecule has 0 fully saturated rings. The van der Waals surface area contributed by atoms with Crippen LogP contribution in [0.4, 0.5) is 26.3 Å². The summed E-state index contributed by atoms with van der Waals surface area (Å²) >= 11 is 0. The summed E-state index contributed by atoms with van der Waals surface area (Å²) in [6, 6.07) is 1.51. The van der Waals surface area contributed by atoms with Crippen LogP contribution < -0.4 is 9.47 Å². The predicted octanol–water partition coefficient (Wildman–Crippen LogP) is 3.47. The van der Waals surface area contributed by atoms with E-state index in [2.05, 4.69) is 4.74 Å². The fraction of sp³-hybridized carbons (Fsp3) is 0.400. The van der Waals surface area contributed by atoms with Crippen LogP contribution in [0.2, 0.25) is 0 Å². The van der Waals surface area contributed by atoms with E-state index in [1.54, 1.807) is 0 Å². The van der Waals surface area contributed by atoms with Gasteiger partial charge in [0.25, 0.3) is 0 Å². The van der Waals surface area contributed by atoms with Gasteiger partial charge < -0.3 is 19.7 Å². The van der Waals surface area contributed by atoms with Crippen LogP contribution in [0.3, 0.4) is 0 Å². The van der Waals surface area contributed by atoms with Crippen LogP contribution in [0.25, 0.3) is 6.08 Å². The molecule has 0 saturated carbocycles. The van der Waals surface area contributed by atoms with Crippen molar-refractivity contribution < 1.29 is 50.8 Å². The van der Waals surface area contributed by atoms with E-state index in [1.807, 2.05) is 0 Å². The Morgan fingerprint density at radius 2 is 1.88 bits per heavy atom. The number of aliphatic hydroxyl groups excluding tert-OH is 1. The summed E-state index contributed by atoms with van der Waals surface area (Å²) in [5.41, 5.74) is -1.70. The molecule has 2 unspecified atom stereocenters. The largest absolute Gasteiger partial charge is 0.573 e. The molecule has 1 aromatic rings. The van der Waals surface area contributed by atoms with E-state index in [-0.39, 0.29) is 11.1 Å². The summed E-state index contributed by atoms with van der Waals surface area (Å²) in [5, 5.41) is 18.2. The standard InChI is InChI=1S/C15H12F6O5/c1-6(5-22)9-4-8(26-15(19,20)21)2-7-3-10(13(23)24)12(14(16,17)18)25-11(7)9/h2-4,6,12,22H,5H2,1H3,(H,23,24). The van der Waals surface area contributed by atoms with Gasteiger partial charge in [0.2, 0.25) is 6.10 Å². The van der Waals surface area contributed by atoms with Crippen LogP contribution in [0.5, 0.6) is 11.5 Å². The number of fused-ring (bicyclic) bond motifs is 1. The predicted molar refractivity (Wildman–Crippen MR) is 74.7 cm³/mol. The lowest BCUT2D eigenvalue weighted by Gasteiger charge is -2.30. The SMILES string of the molecule is CC(CO)c1cc(OC(F)(F)F)cc2c1OC(C(F)(F)F)C(C(=O)O)=C2. The van der Waals surface area contributed by atoms with E-state index < -0.39 is 54.2 Å². The zero-order valence-electron chi connectivity index (χ0n) is 13.0. The van der Waals surface area contributed by atoms with Crippen molar-refractivity contribution in [1.29, 1.82) is 0 Å². The molecule has 0 aliphatic carbocycles. The second-order valence-corrected chi connectivity index (χ2v) is 5.51. The Hall–Kier alpha value is -2.43. The summed E-state index contributed by atoms with van der Waals surface area (Å²) in [7, 11) is 0. The molecule has 0 saturated heterocycles. The fourth-order valence-corrected chi connectivity index (χ4v) is 2.39. The van der Waals surface area contributed by atoms with E-state index >= 15 is 0 Å². The Balaban J connectivity index is 2.66. The summed E-state index contributed by atoms with van der Waals surface area (Å²) in [6.45, 7) is 0.743. The Kier molecular flexibility index (Phi) is 5.13. The number of carboxylic acid groups (broad SMARTS) is 1. The van der Waals surface area contributed by atoms with Crippen molar-refractivity contribution >= 4 is 12.0 Å². The molecule has 26 heavy (non-hydrogen) atoms. The van der Waals surface area contributed by atoms with Crippen molar-refractivity contribution in [3.05, 3.63) is 28.8 Å². The van der Waals surface area contributed by atoms with E-state index in [0.29, 0.717) is 12.1 Å². The maximum Gasteiger partial charge on any atom is 0.573 e. The third kappa shape index (κ3) is 4.21. The number of hydrogen-bond acceptors (Lipinski definition) is 4. The normalized spacial score (nSPS) is 18.5. The van der Waals surface area contributed by atoms with Gasteiger partial charge in [-0.05, 0) is 18.2 Å². The maximum atomic E-state index is 13.1. The van der Waals surface area contributed by atoms with Gasteiger partial charge in [-0.25, -0.2) is 4.79 Å². The molecule has 1 aliphatic heterocycles. The van der Waals surface area contributed by atoms with Crippen molar-refractivity contribution in [3.8, 4) is 11.5 Å². The van der Waals surface area contributed by atoms with Crippen molar-refractivity contribution in [2.45, 2.75) is 31.5 Å². The van der Waals surface area contributed by atoms with Crippen LogP contribution in [0.15, 0.2) is 17.7 Å². The van der Waals surface area contributed by atoms with Gasteiger partial charge in [0.1, 0.15) is 11.5 Å². The molecular weight excluding hydrogens is 374 g/mol. The minimum absolute atomic E-state index is 0.181. The Morgan fingerprint density at radius 1 is 1.27 bits per heavy atom. The first-order valence-corrected chi connectivity index (χ1v) is 7.06. The molecular formula is C15H12F6O5. The van der Waals surface area contributed by atoms with Crippen LogP contribution in [0.1, 0.15) is 24.0 Å². The van der Waals surface area contributed by atoms with Crippen molar-refractivity contribution in [1.82, 2.24) is 0 Å². The van der Waals surface area contributed by atoms with E-state index in [4.69, 9.17) is 9.84 Å². The second kappa shape index (κ2) is 6.71. The van der Waals surface area contributed by atoms with E-state index in [0.717, 1.165) is 6.07 Å². The molecule has 0 amide bonds. The lowest BCUT2D eigenvalue weighted by atomic mass is 9.93.